The fraction of sp³-hybridized carbons (Fsp3) is 0.409. The summed E-state index contributed by atoms with van der Waals surface area (Å²) in [6, 6.07) is 11.9. The van der Waals surface area contributed by atoms with Gasteiger partial charge in [0, 0.05) is 38.8 Å². The second-order valence-corrected chi connectivity index (χ2v) is 7.06. The predicted octanol–water partition coefficient (Wildman–Crippen LogP) is 2.43. The lowest BCUT2D eigenvalue weighted by Crippen LogP contribution is -2.61. The molecule has 6 nitrogen and oxygen atoms in total. The van der Waals surface area contributed by atoms with Gasteiger partial charge in [0.1, 0.15) is 0 Å². The SMILES string of the molecule is CCCC(=O)N1CCO[C@@](Cc2ccccc2-c2ccncc2)(C(=O)NC)C1. The van der Waals surface area contributed by atoms with Crippen LogP contribution in [0.2, 0.25) is 0 Å². The maximum absolute atomic E-state index is 12.9. The molecule has 0 bridgehead atoms. The van der Waals surface area contributed by atoms with Gasteiger partial charge < -0.3 is 15.0 Å². The van der Waals surface area contributed by atoms with Crippen LogP contribution in [0.3, 0.4) is 0 Å². The van der Waals surface area contributed by atoms with Crippen molar-refractivity contribution in [2.45, 2.75) is 31.8 Å². The standard InChI is InChI=1S/C22H27N3O3/c1-3-6-20(26)25-13-14-28-22(16-25,21(27)23-2)15-18-7-4-5-8-19(18)17-9-11-24-12-10-17/h4-5,7-12H,3,6,13-16H2,1-2H3,(H,23,27)/t22-/m1/s1. The highest BCUT2D eigenvalue weighted by Gasteiger charge is 2.44. The summed E-state index contributed by atoms with van der Waals surface area (Å²) in [5.41, 5.74) is 1.97. The van der Waals surface area contributed by atoms with Crippen LogP contribution in [-0.4, -0.2) is 54.0 Å². The van der Waals surface area contributed by atoms with Gasteiger partial charge in [0.25, 0.3) is 5.91 Å². The lowest BCUT2D eigenvalue weighted by Gasteiger charge is -2.41. The fourth-order valence-electron chi connectivity index (χ4n) is 3.72. The molecule has 2 amide bonds. The Balaban J connectivity index is 1.94. The molecule has 1 aromatic carbocycles. The quantitative estimate of drug-likeness (QED) is 0.834. The molecule has 1 aliphatic heterocycles. The van der Waals surface area contributed by atoms with Gasteiger partial charge in [-0.25, -0.2) is 0 Å². The zero-order valence-electron chi connectivity index (χ0n) is 16.5. The van der Waals surface area contributed by atoms with Gasteiger partial charge in [0.2, 0.25) is 5.91 Å². The van der Waals surface area contributed by atoms with Crippen LogP contribution in [0.1, 0.15) is 25.3 Å². The van der Waals surface area contributed by atoms with Crippen molar-refractivity contribution < 1.29 is 14.3 Å². The highest BCUT2D eigenvalue weighted by Crippen LogP contribution is 2.30. The summed E-state index contributed by atoms with van der Waals surface area (Å²) in [7, 11) is 1.61. The molecular formula is C22H27N3O3. The van der Waals surface area contributed by atoms with Crippen LogP contribution in [0.5, 0.6) is 0 Å². The van der Waals surface area contributed by atoms with Crippen LogP contribution in [-0.2, 0) is 20.7 Å². The van der Waals surface area contributed by atoms with Gasteiger partial charge in [-0.1, -0.05) is 31.2 Å². The van der Waals surface area contributed by atoms with Crippen molar-refractivity contribution in [1.82, 2.24) is 15.2 Å². The molecule has 0 spiro atoms. The first-order valence-electron chi connectivity index (χ1n) is 9.72. The van der Waals surface area contributed by atoms with E-state index in [1.165, 1.54) is 0 Å². The normalized spacial score (nSPS) is 19.3. The van der Waals surface area contributed by atoms with Gasteiger partial charge >= 0.3 is 0 Å². The highest BCUT2D eigenvalue weighted by molar-refractivity contribution is 5.87. The summed E-state index contributed by atoms with van der Waals surface area (Å²) < 4.78 is 6.05. The largest absolute Gasteiger partial charge is 0.361 e. The number of carbonyl (C=O) groups excluding carboxylic acids is 2. The minimum absolute atomic E-state index is 0.0708. The number of benzene rings is 1. The van der Waals surface area contributed by atoms with Crippen LogP contribution >= 0.6 is 0 Å². The van der Waals surface area contributed by atoms with Crippen molar-refractivity contribution in [2.75, 3.05) is 26.7 Å². The third-order valence-corrected chi connectivity index (χ3v) is 5.13. The zero-order valence-corrected chi connectivity index (χ0v) is 16.5. The van der Waals surface area contributed by atoms with E-state index in [1.807, 2.05) is 43.3 Å². The van der Waals surface area contributed by atoms with Crippen LogP contribution in [0.4, 0.5) is 0 Å². The van der Waals surface area contributed by atoms with Gasteiger partial charge in [0.15, 0.2) is 5.60 Å². The van der Waals surface area contributed by atoms with E-state index in [-0.39, 0.29) is 18.4 Å². The average Bonchev–Trinajstić information content (AvgIpc) is 2.74. The topological polar surface area (TPSA) is 71.5 Å². The second-order valence-electron chi connectivity index (χ2n) is 7.06. The number of nitrogens with zero attached hydrogens (tertiary/aromatic N) is 2. The Morgan fingerprint density at radius 2 is 1.96 bits per heavy atom. The number of aromatic nitrogens is 1. The van der Waals surface area contributed by atoms with Crippen molar-refractivity contribution in [3.8, 4) is 11.1 Å². The molecule has 1 atom stereocenters. The van der Waals surface area contributed by atoms with E-state index in [0.717, 1.165) is 23.1 Å². The van der Waals surface area contributed by atoms with Crippen molar-refractivity contribution in [1.29, 1.82) is 0 Å². The number of hydrogen-bond acceptors (Lipinski definition) is 4. The molecule has 0 radical (unpaired) electrons. The number of hydrogen-bond donors (Lipinski definition) is 1. The molecule has 1 aliphatic rings. The van der Waals surface area contributed by atoms with Crippen molar-refractivity contribution >= 4 is 11.8 Å². The molecule has 1 saturated heterocycles. The molecule has 3 rings (SSSR count). The number of pyridine rings is 1. The molecule has 0 saturated carbocycles. The first-order valence-corrected chi connectivity index (χ1v) is 9.72. The van der Waals surface area contributed by atoms with Crippen molar-refractivity contribution in [2.24, 2.45) is 0 Å². The molecule has 2 heterocycles. The first kappa shape index (κ1) is 20.0. The van der Waals surface area contributed by atoms with Gasteiger partial charge in [-0.05, 0) is 35.2 Å². The van der Waals surface area contributed by atoms with E-state index < -0.39 is 5.60 Å². The van der Waals surface area contributed by atoms with Gasteiger partial charge in [0.05, 0.1) is 13.2 Å². The predicted molar refractivity (Wildman–Crippen MR) is 108 cm³/mol. The van der Waals surface area contributed by atoms with Crippen LogP contribution < -0.4 is 5.32 Å². The summed E-state index contributed by atoms with van der Waals surface area (Å²) >= 11 is 0. The Hall–Kier alpha value is -2.73. The molecular weight excluding hydrogens is 354 g/mol. The number of amides is 2. The third kappa shape index (κ3) is 4.22. The van der Waals surface area contributed by atoms with Crippen LogP contribution in [0.25, 0.3) is 11.1 Å². The molecule has 0 aliphatic carbocycles. The van der Waals surface area contributed by atoms with E-state index in [9.17, 15) is 9.59 Å². The number of nitrogens with one attached hydrogen (secondary N) is 1. The molecule has 28 heavy (non-hydrogen) atoms. The fourth-order valence-corrected chi connectivity index (χ4v) is 3.72. The molecule has 148 valence electrons. The Kier molecular flexibility index (Phi) is 6.41. The minimum atomic E-state index is -1.10. The maximum Gasteiger partial charge on any atom is 0.254 e. The number of rotatable bonds is 6. The van der Waals surface area contributed by atoms with Crippen molar-refractivity contribution in [3.63, 3.8) is 0 Å². The maximum atomic E-state index is 12.9. The molecule has 1 N–H and O–H groups in total. The molecule has 1 fully saturated rings. The van der Waals surface area contributed by atoms with Gasteiger partial charge in [-0.15, -0.1) is 0 Å². The molecule has 2 aromatic rings. The molecule has 0 unspecified atom stereocenters. The Morgan fingerprint density at radius 3 is 2.68 bits per heavy atom. The van der Waals surface area contributed by atoms with Crippen LogP contribution in [0, 0.1) is 0 Å². The van der Waals surface area contributed by atoms with E-state index in [1.54, 1.807) is 24.3 Å². The third-order valence-electron chi connectivity index (χ3n) is 5.13. The number of ether oxygens (including phenoxy) is 1. The van der Waals surface area contributed by atoms with E-state index in [4.69, 9.17) is 4.74 Å². The van der Waals surface area contributed by atoms with E-state index >= 15 is 0 Å². The Labute approximate surface area is 165 Å². The lowest BCUT2D eigenvalue weighted by molar-refractivity contribution is -0.165. The zero-order chi connectivity index (χ0) is 20.0. The highest BCUT2D eigenvalue weighted by atomic mass is 16.5. The number of carbonyl (C=O) groups is 2. The molecule has 1 aromatic heterocycles. The van der Waals surface area contributed by atoms with E-state index in [0.29, 0.717) is 26.0 Å². The smallest absolute Gasteiger partial charge is 0.254 e. The van der Waals surface area contributed by atoms with Gasteiger partial charge in [-0.3, -0.25) is 14.6 Å². The van der Waals surface area contributed by atoms with E-state index in [2.05, 4.69) is 10.3 Å². The second kappa shape index (κ2) is 8.97. The lowest BCUT2D eigenvalue weighted by atomic mass is 9.87. The summed E-state index contributed by atoms with van der Waals surface area (Å²) in [5.74, 6) is -0.132. The average molecular weight is 381 g/mol. The summed E-state index contributed by atoms with van der Waals surface area (Å²) in [6.45, 7) is 3.11. The Bertz CT molecular complexity index is 825. The minimum Gasteiger partial charge on any atom is -0.361 e. The summed E-state index contributed by atoms with van der Waals surface area (Å²) in [4.78, 5) is 31.2. The number of morpholine rings is 1. The van der Waals surface area contributed by atoms with Crippen LogP contribution in [0.15, 0.2) is 48.8 Å². The monoisotopic (exact) mass is 381 g/mol. The number of likely N-dealkylation sites (N-methyl/N-ethyl adjacent to an activating group) is 1. The van der Waals surface area contributed by atoms with Gasteiger partial charge in [-0.2, -0.15) is 0 Å². The Morgan fingerprint density at radius 1 is 1.21 bits per heavy atom. The first-order chi connectivity index (χ1) is 13.6. The molecule has 6 heteroatoms. The summed E-state index contributed by atoms with van der Waals surface area (Å²) in [6.07, 6.45) is 5.17. The van der Waals surface area contributed by atoms with Crippen molar-refractivity contribution in [3.05, 3.63) is 54.4 Å². The summed E-state index contributed by atoms with van der Waals surface area (Å²) in [5, 5.41) is 2.73.